The van der Waals surface area contributed by atoms with E-state index in [9.17, 15) is 9.59 Å². The van der Waals surface area contributed by atoms with Gasteiger partial charge in [0.05, 0.1) is 19.2 Å². The van der Waals surface area contributed by atoms with Gasteiger partial charge < -0.3 is 20.9 Å². The number of hydrogen-bond donors (Lipinski definition) is 3. The Morgan fingerprint density at radius 3 is 2.81 bits per heavy atom. The molecule has 0 aromatic heterocycles. The number of aliphatic hydroxyl groups is 1. The molecule has 1 rings (SSSR count). The zero-order chi connectivity index (χ0) is 15.7. The van der Waals surface area contributed by atoms with Gasteiger partial charge in [0.2, 0.25) is 5.91 Å². The molecule has 0 atom stereocenters. The summed E-state index contributed by atoms with van der Waals surface area (Å²) < 4.78 is 4.68. The van der Waals surface area contributed by atoms with Gasteiger partial charge in [0.25, 0.3) is 0 Å². The van der Waals surface area contributed by atoms with Crippen molar-refractivity contribution in [3.05, 3.63) is 29.3 Å². The highest BCUT2D eigenvalue weighted by molar-refractivity contribution is 5.95. The molecule has 1 amide bonds. The molecule has 1 aromatic rings. The molecule has 4 N–H and O–H groups in total. The number of methoxy groups -OCH3 is 1. The minimum Gasteiger partial charge on any atom is -0.465 e. The first-order valence-electron chi connectivity index (χ1n) is 6.44. The minimum absolute atomic E-state index is 0.0398. The van der Waals surface area contributed by atoms with Crippen molar-refractivity contribution < 1.29 is 19.4 Å². The Hall–Kier alpha value is -2.36. The Labute approximate surface area is 123 Å². The monoisotopic (exact) mass is 290 g/mol. The second-order valence-electron chi connectivity index (χ2n) is 4.13. The van der Waals surface area contributed by atoms with E-state index in [4.69, 9.17) is 10.8 Å². The third kappa shape index (κ3) is 5.26. The third-order valence-electron chi connectivity index (χ3n) is 2.60. The maximum atomic E-state index is 11.6. The van der Waals surface area contributed by atoms with Gasteiger partial charge in [-0.05, 0) is 24.6 Å². The molecule has 21 heavy (non-hydrogen) atoms. The quantitative estimate of drug-likeness (QED) is 0.541. The van der Waals surface area contributed by atoms with Gasteiger partial charge >= 0.3 is 5.97 Å². The number of carbonyl (C=O) groups is 2. The predicted octanol–water partition coefficient (Wildman–Crippen LogP) is 0.494. The summed E-state index contributed by atoms with van der Waals surface area (Å²) >= 11 is 0. The van der Waals surface area contributed by atoms with Gasteiger partial charge in [-0.1, -0.05) is 11.8 Å². The van der Waals surface area contributed by atoms with Crippen molar-refractivity contribution in [2.75, 3.05) is 25.6 Å². The molecule has 0 fully saturated rings. The number of nitrogens with two attached hydrogens (primary N) is 1. The third-order valence-corrected chi connectivity index (χ3v) is 2.60. The highest BCUT2D eigenvalue weighted by atomic mass is 16.5. The van der Waals surface area contributed by atoms with Crippen molar-refractivity contribution in [3.63, 3.8) is 0 Å². The lowest BCUT2D eigenvalue weighted by Gasteiger charge is -2.08. The summed E-state index contributed by atoms with van der Waals surface area (Å²) in [7, 11) is 1.28. The smallest absolute Gasteiger partial charge is 0.339 e. The summed E-state index contributed by atoms with van der Waals surface area (Å²) in [6.45, 7) is 0.121. The average Bonchev–Trinajstić information content (AvgIpc) is 2.50. The van der Waals surface area contributed by atoms with Crippen LogP contribution in [-0.4, -0.2) is 37.2 Å². The van der Waals surface area contributed by atoms with E-state index in [0.29, 0.717) is 23.2 Å². The Kier molecular flexibility index (Phi) is 6.95. The number of ether oxygens (including phenoxy) is 1. The molecule has 0 saturated heterocycles. The zero-order valence-corrected chi connectivity index (χ0v) is 11.8. The van der Waals surface area contributed by atoms with Gasteiger partial charge in [-0.25, -0.2) is 4.79 Å². The molecule has 0 saturated carbocycles. The molecule has 0 radical (unpaired) electrons. The Balaban J connectivity index is 2.98. The molecular weight excluding hydrogens is 272 g/mol. The fourth-order valence-corrected chi connectivity index (χ4v) is 1.62. The van der Waals surface area contributed by atoms with E-state index in [2.05, 4.69) is 21.9 Å². The molecule has 0 spiro atoms. The van der Waals surface area contributed by atoms with Crippen LogP contribution >= 0.6 is 0 Å². The van der Waals surface area contributed by atoms with Crippen molar-refractivity contribution in [1.29, 1.82) is 0 Å². The van der Waals surface area contributed by atoms with Crippen molar-refractivity contribution in [2.45, 2.75) is 12.8 Å². The summed E-state index contributed by atoms with van der Waals surface area (Å²) in [6, 6.07) is 4.72. The maximum absolute atomic E-state index is 11.6. The Bertz CT molecular complexity index is 573. The molecule has 112 valence electrons. The fraction of sp³-hybridized carbons (Fsp3) is 0.333. The molecule has 0 aliphatic rings. The number of aliphatic hydroxyl groups excluding tert-OH is 1. The normalized spacial score (nSPS) is 9.48. The summed E-state index contributed by atoms with van der Waals surface area (Å²) in [5, 5.41) is 11.4. The van der Waals surface area contributed by atoms with E-state index in [0.717, 1.165) is 0 Å². The molecular formula is C15H18N2O4. The SMILES string of the molecule is COC(=O)c1ccc(NC(=O)CCCO)cc1C#CCN. The molecule has 0 aliphatic carbocycles. The zero-order valence-electron chi connectivity index (χ0n) is 11.8. The first-order valence-corrected chi connectivity index (χ1v) is 6.44. The van der Waals surface area contributed by atoms with Gasteiger partial charge in [0, 0.05) is 24.3 Å². The molecule has 0 aliphatic heterocycles. The lowest BCUT2D eigenvalue weighted by molar-refractivity contribution is -0.116. The molecule has 1 aromatic carbocycles. The predicted molar refractivity (Wildman–Crippen MR) is 78.7 cm³/mol. The van der Waals surface area contributed by atoms with Crippen LogP contribution in [0.2, 0.25) is 0 Å². The second-order valence-corrected chi connectivity index (χ2v) is 4.13. The van der Waals surface area contributed by atoms with Crippen LogP contribution in [0.3, 0.4) is 0 Å². The first-order chi connectivity index (χ1) is 10.1. The Morgan fingerprint density at radius 2 is 2.19 bits per heavy atom. The summed E-state index contributed by atoms with van der Waals surface area (Å²) in [5.74, 6) is 4.72. The number of anilines is 1. The van der Waals surface area contributed by atoms with Gasteiger partial charge in [-0.15, -0.1) is 0 Å². The van der Waals surface area contributed by atoms with Crippen molar-refractivity contribution >= 4 is 17.6 Å². The number of benzene rings is 1. The van der Waals surface area contributed by atoms with Crippen LogP contribution in [0.4, 0.5) is 5.69 Å². The molecule has 0 unspecified atom stereocenters. The van der Waals surface area contributed by atoms with Crippen LogP contribution in [0, 0.1) is 11.8 Å². The van der Waals surface area contributed by atoms with Gasteiger partial charge in [-0.3, -0.25) is 4.79 Å². The highest BCUT2D eigenvalue weighted by Crippen LogP contribution is 2.16. The van der Waals surface area contributed by atoms with Crippen LogP contribution in [0.5, 0.6) is 0 Å². The van der Waals surface area contributed by atoms with Crippen LogP contribution in [0.15, 0.2) is 18.2 Å². The van der Waals surface area contributed by atoms with E-state index >= 15 is 0 Å². The number of amides is 1. The average molecular weight is 290 g/mol. The van der Waals surface area contributed by atoms with E-state index in [1.54, 1.807) is 12.1 Å². The van der Waals surface area contributed by atoms with Crippen LogP contribution < -0.4 is 11.1 Å². The highest BCUT2D eigenvalue weighted by Gasteiger charge is 2.12. The molecule has 0 heterocycles. The maximum Gasteiger partial charge on any atom is 0.339 e. The van der Waals surface area contributed by atoms with Gasteiger partial charge in [0.15, 0.2) is 0 Å². The minimum atomic E-state index is -0.505. The lowest BCUT2D eigenvalue weighted by Crippen LogP contribution is -2.12. The topological polar surface area (TPSA) is 102 Å². The van der Waals surface area contributed by atoms with Crippen molar-refractivity contribution in [3.8, 4) is 11.8 Å². The standard InChI is InChI=1S/C15H18N2O4/c1-21-15(20)13-7-6-12(10-11(13)4-2-8-16)17-14(19)5-3-9-18/h6-7,10,18H,3,5,8-9,16H2,1H3,(H,17,19). The summed E-state index contributed by atoms with van der Waals surface area (Å²) in [5.41, 5.74) is 6.59. The Morgan fingerprint density at radius 1 is 1.43 bits per heavy atom. The van der Waals surface area contributed by atoms with E-state index in [1.807, 2.05) is 0 Å². The van der Waals surface area contributed by atoms with E-state index < -0.39 is 5.97 Å². The van der Waals surface area contributed by atoms with Crippen molar-refractivity contribution in [1.82, 2.24) is 0 Å². The lowest BCUT2D eigenvalue weighted by atomic mass is 10.1. The van der Waals surface area contributed by atoms with Crippen LogP contribution in [-0.2, 0) is 9.53 Å². The molecule has 6 heteroatoms. The number of carbonyl (C=O) groups excluding carboxylic acids is 2. The number of nitrogens with one attached hydrogen (secondary N) is 1. The van der Waals surface area contributed by atoms with Gasteiger partial charge in [0.1, 0.15) is 0 Å². The largest absolute Gasteiger partial charge is 0.465 e. The second kappa shape index (κ2) is 8.74. The first kappa shape index (κ1) is 16.7. The van der Waals surface area contributed by atoms with Gasteiger partial charge in [-0.2, -0.15) is 0 Å². The summed E-state index contributed by atoms with van der Waals surface area (Å²) in [6.07, 6.45) is 0.616. The molecule has 0 bridgehead atoms. The number of esters is 1. The fourth-order valence-electron chi connectivity index (χ4n) is 1.62. The van der Waals surface area contributed by atoms with E-state index in [1.165, 1.54) is 13.2 Å². The van der Waals surface area contributed by atoms with Crippen LogP contribution in [0.25, 0.3) is 0 Å². The van der Waals surface area contributed by atoms with Crippen molar-refractivity contribution in [2.24, 2.45) is 5.73 Å². The van der Waals surface area contributed by atoms with Crippen LogP contribution in [0.1, 0.15) is 28.8 Å². The number of rotatable bonds is 5. The number of hydrogen-bond acceptors (Lipinski definition) is 5. The molecule has 6 nitrogen and oxygen atoms in total. The summed E-state index contributed by atoms with van der Waals surface area (Å²) in [4.78, 5) is 23.2. The van der Waals surface area contributed by atoms with E-state index in [-0.39, 0.29) is 25.5 Å².